The van der Waals surface area contributed by atoms with E-state index in [1.807, 2.05) is 6.92 Å². The van der Waals surface area contributed by atoms with Gasteiger partial charge in [-0.2, -0.15) is 0 Å². The number of methoxy groups -OCH3 is 1. The molecule has 0 radical (unpaired) electrons. The molecule has 1 atom stereocenters. The molecule has 0 aliphatic rings. The Morgan fingerprint density at radius 1 is 1.19 bits per heavy atom. The van der Waals surface area contributed by atoms with E-state index in [0.29, 0.717) is 18.1 Å². The van der Waals surface area contributed by atoms with Crippen molar-refractivity contribution in [3.05, 3.63) is 58.9 Å². The summed E-state index contributed by atoms with van der Waals surface area (Å²) >= 11 is 0. The largest absolute Gasteiger partial charge is 0.493 e. The first kappa shape index (κ1) is 20.2. The van der Waals surface area contributed by atoms with Crippen LogP contribution in [0, 0.1) is 5.82 Å². The van der Waals surface area contributed by atoms with Gasteiger partial charge in [0.15, 0.2) is 11.5 Å². The van der Waals surface area contributed by atoms with E-state index in [-0.39, 0.29) is 11.1 Å². The van der Waals surface area contributed by atoms with E-state index >= 15 is 0 Å². The van der Waals surface area contributed by atoms with Crippen molar-refractivity contribution in [3.8, 4) is 11.5 Å². The van der Waals surface area contributed by atoms with Crippen molar-refractivity contribution in [1.29, 1.82) is 0 Å². The van der Waals surface area contributed by atoms with Gasteiger partial charge in [0.1, 0.15) is 5.82 Å². The van der Waals surface area contributed by atoms with E-state index in [0.717, 1.165) is 24.1 Å². The van der Waals surface area contributed by atoms with E-state index < -0.39 is 23.7 Å². The minimum Gasteiger partial charge on any atom is -0.493 e. The van der Waals surface area contributed by atoms with Crippen molar-refractivity contribution < 1.29 is 28.6 Å². The summed E-state index contributed by atoms with van der Waals surface area (Å²) in [5.74, 6) is -1.63. The predicted molar refractivity (Wildman–Crippen MR) is 98.0 cm³/mol. The van der Waals surface area contributed by atoms with Gasteiger partial charge >= 0.3 is 5.97 Å². The van der Waals surface area contributed by atoms with Crippen LogP contribution in [0.2, 0.25) is 0 Å². The summed E-state index contributed by atoms with van der Waals surface area (Å²) in [5.41, 5.74) is 0.317. The number of carboxylic acid groups (broad SMARTS) is 1. The van der Waals surface area contributed by atoms with Gasteiger partial charge in [-0.25, -0.2) is 9.18 Å². The standard InChI is InChI=1S/C20H22FNO5/c1-4-9-27-17-8-6-13(11-18(17)26-3)12(2)22-19(23)15-7-5-14(20(24)25)10-16(15)21/h5-8,10-12H,4,9H2,1-3H3,(H,22,23)(H,24,25). The van der Waals surface area contributed by atoms with Gasteiger partial charge < -0.3 is 19.9 Å². The third-order valence-electron chi connectivity index (χ3n) is 3.96. The molecular weight excluding hydrogens is 353 g/mol. The third-order valence-corrected chi connectivity index (χ3v) is 3.96. The lowest BCUT2D eigenvalue weighted by Gasteiger charge is -2.17. The topological polar surface area (TPSA) is 84.9 Å². The first-order valence-corrected chi connectivity index (χ1v) is 8.51. The summed E-state index contributed by atoms with van der Waals surface area (Å²) < 4.78 is 25.0. The number of hydrogen-bond donors (Lipinski definition) is 2. The molecule has 1 unspecified atom stereocenters. The Balaban J connectivity index is 2.15. The summed E-state index contributed by atoms with van der Waals surface area (Å²) in [5, 5.41) is 11.6. The van der Waals surface area contributed by atoms with E-state index in [4.69, 9.17) is 14.6 Å². The SMILES string of the molecule is CCCOc1ccc(C(C)NC(=O)c2ccc(C(=O)O)cc2F)cc1OC. The fourth-order valence-electron chi connectivity index (χ4n) is 2.47. The van der Waals surface area contributed by atoms with E-state index in [2.05, 4.69) is 5.32 Å². The number of amides is 1. The Kier molecular flexibility index (Phi) is 6.76. The Morgan fingerprint density at radius 3 is 2.52 bits per heavy atom. The highest BCUT2D eigenvalue weighted by Gasteiger charge is 2.18. The molecule has 0 aliphatic carbocycles. The second-order valence-corrected chi connectivity index (χ2v) is 5.95. The highest BCUT2D eigenvalue weighted by molar-refractivity contribution is 5.96. The third kappa shape index (κ3) is 4.97. The number of carbonyl (C=O) groups excluding carboxylic acids is 1. The smallest absolute Gasteiger partial charge is 0.335 e. The fourth-order valence-corrected chi connectivity index (χ4v) is 2.47. The summed E-state index contributed by atoms with van der Waals surface area (Å²) in [6.45, 7) is 4.32. The molecule has 0 heterocycles. The van der Waals surface area contributed by atoms with Crippen LogP contribution in [0.4, 0.5) is 4.39 Å². The maximum atomic E-state index is 14.0. The lowest BCUT2D eigenvalue weighted by atomic mass is 10.1. The number of ether oxygens (including phenoxy) is 2. The van der Waals surface area contributed by atoms with Gasteiger partial charge in [0.05, 0.1) is 30.9 Å². The molecule has 0 saturated carbocycles. The molecule has 2 aromatic rings. The first-order valence-electron chi connectivity index (χ1n) is 8.51. The van der Waals surface area contributed by atoms with E-state index in [9.17, 15) is 14.0 Å². The molecule has 7 heteroatoms. The zero-order valence-electron chi connectivity index (χ0n) is 15.4. The van der Waals surface area contributed by atoms with Crippen LogP contribution in [0.15, 0.2) is 36.4 Å². The van der Waals surface area contributed by atoms with Crippen molar-refractivity contribution in [2.45, 2.75) is 26.3 Å². The summed E-state index contributed by atoms with van der Waals surface area (Å²) in [6, 6.07) is 8.05. The minimum atomic E-state index is -1.26. The minimum absolute atomic E-state index is 0.218. The average Bonchev–Trinajstić information content (AvgIpc) is 2.65. The molecule has 1 amide bonds. The molecule has 0 spiro atoms. The highest BCUT2D eigenvalue weighted by atomic mass is 19.1. The normalized spacial score (nSPS) is 11.6. The van der Waals surface area contributed by atoms with Crippen LogP contribution < -0.4 is 14.8 Å². The molecule has 2 aromatic carbocycles. The monoisotopic (exact) mass is 375 g/mol. The average molecular weight is 375 g/mol. The zero-order chi connectivity index (χ0) is 20.0. The number of benzene rings is 2. The van der Waals surface area contributed by atoms with Gasteiger partial charge in [0.2, 0.25) is 0 Å². The van der Waals surface area contributed by atoms with Gasteiger partial charge in [0, 0.05) is 0 Å². The first-order chi connectivity index (χ1) is 12.9. The van der Waals surface area contributed by atoms with Gasteiger partial charge in [0.25, 0.3) is 5.91 Å². The molecule has 0 aliphatic heterocycles. The highest BCUT2D eigenvalue weighted by Crippen LogP contribution is 2.30. The lowest BCUT2D eigenvalue weighted by Crippen LogP contribution is -2.27. The predicted octanol–water partition coefficient (Wildman–Crippen LogP) is 3.81. The number of nitrogens with one attached hydrogen (secondary N) is 1. The molecule has 0 fully saturated rings. The number of carboxylic acids is 1. The van der Waals surface area contributed by atoms with Crippen LogP contribution in [0.5, 0.6) is 11.5 Å². The quantitative estimate of drug-likeness (QED) is 0.733. The van der Waals surface area contributed by atoms with E-state index in [1.165, 1.54) is 13.2 Å². The van der Waals surface area contributed by atoms with Gasteiger partial charge in [-0.1, -0.05) is 13.0 Å². The molecule has 144 valence electrons. The molecule has 0 saturated heterocycles. The zero-order valence-corrected chi connectivity index (χ0v) is 15.4. The number of halogens is 1. The van der Waals surface area contributed by atoms with Gasteiger partial charge in [-0.05, 0) is 49.2 Å². The summed E-state index contributed by atoms with van der Waals surface area (Å²) in [6.07, 6.45) is 0.865. The number of aromatic carboxylic acids is 1. The summed E-state index contributed by atoms with van der Waals surface area (Å²) in [7, 11) is 1.53. The number of rotatable bonds is 8. The van der Waals surface area contributed by atoms with Crippen molar-refractivity contribution in [2.75, 3.05) is 13.7 Å². The van der Waals surface area contributed by atoms with Crippen molar-refractivity contribution >= 4 is 11.9 Å². The maximum Gasteiger partial charge on any atom is 0.335 e. The molecular formula is C20H22FNO5. The molecule has 0 aromatic heterocycles. The Morgan fingerprint density at radius 2 is 1.93 bits per heavy atom. The van der Waals surface area contributed by atoms with Crippen molar-refractivity contribution in [3.63, 3.8) is 0 Å². The van der Waals surface area contributed by atoms with Gasteiger partial charge in [-0.15, -0.1) is 0 Å². The Hall–Kier alpha value is -3.09. The van der Waals surface area contributed by atoms with Crippen LogP contribution in [-0.4, -0.2) is 30.7 Å². The number of hydrogen-bond acceptors (Lipinski definition) is 4. The maximum absolute atomic E-state index is 14.0. The Bertz CT molecular complexity index is 837. The lowest BCUT2D eigenvalue weighted by molar-refractivity contribution is 0.0695. The Labute approximate surface area is 156 Å². The van der Waals surface area contributed by atoms with Gasteiger partial charge in [-0.3, -0.25) is 4.79 Å². The molecule has 2 N–H and O–H groups in total. The van der Waals surface area contributed by atoms with Crippen LogP contribution in [-0.2, 0) is 0 Å². The summed E-state index contributed by atoms with van der Waals surface area (Å²) in [4.78, 5) is 23.2. The van der Waals surface area contributed by atoms with Crippen LogP contribution in [0.1, 0.15) is 52.6 Å². The van der Waals surface area contributed by atoms with Crippen molar-refractivity contribution in [1.82, 2.24) is 5.32 Å². The van der Waals surface area contributed by atoms with E-state index in [1.54, 1.807) is 25.1 Å². The van der Waals surface area contributed by atoms with Crippen LogP contribution in [0.3, 0.4) is 0 Å². The number of carbonyl (C=O) groups is 2. The van der Waals surface area contributed by atoms with Crippen LogP contribution >= 0.6 is 0 Å². The molecule has 0 bridgehead atoms. The fraction of sp³-hybridized carbons (Fsp3) is 0.300. The second-order valence-electron chi connectivity index (χ2n) is 5.95. The molecule has 6 nitrogen and oxygen atoms in total. The second kappa shape index (κ2) is 9.02. The van der Waals surface area contributed by atoms with Crippen molar-refractivity contribution in [2.24, 2.45) is 0 Å². The molecule has 2 rings (SSSR count). The van der Waals surface area contributed by atoms with Crippen LogP contribution in [0.25, 0.3) is 0 Å². The molecule has 27 heavy (non-hydrogen) atoms.